The van der Waals surface area contributed by atoms with Gasteiger partial charge >= 0.3 is 0 Å². The molecule has 1 N–H and O–H groups in total. The first-order valence-corrected chi connectivity index (χ1v) is 8.29. The molecule has 1 saturated heterocycles. The summed E-state index contributed by atoms with van der Waals surface area (Å²) in [6.45, 7) is 11.3. The van der Waals surface area contributed by atoms with Crippen LogP contribution in [0.1, 0.15) is 32.8 Å². The van der Waals surface area contributed by atoms with E-state index >= 15 is 0 Å². The number of hydrogen-bond acceptors (Lipinski definition) is 3. The topological polar surface area (TPSA) is 24.5 Å². The Hall–Kier alpha value is -0.770. The number of anilines is 1. The molecule has 1 unspecified atom stereocenters. The van der Waals surface area contributed by atoms with Gasteiger partial charge in [-0.15, -0.1) is 0 Å². The molecule has 118 valence electrons. The third-order valence-electron chi connectivity index (χ3n) is 3.70. The fourth-order valence-electron chi connectivity index (χ4n) is 2.71. The first kappa shape index (κ1) is 16.6. The summed E-state index contributed by atoms with van der Waals surface area (Å²) in [5.41, 5.74) is 2.56. The summed E-state index contributed by atoms with van der Waals surface area (Å²) in [6.07, 6.45) is 1.35. The van der Waals surface area contributed by atoms with Gasteiger partial charge in [0.25, 0.3) is 0 Å². The molecule has 1 heterocycles. The molecule has 1 aromatic rings. The summed E-state index contributed by atoms with van der Waals surface area (Å²) in [7, 11) is 0. The second-order valence-electron chi connectivity index (χ2n) is 6.28. The second kappa shape index (κ2) is 8.02. The first-order chi connectivity index (χ1) is 10.1. The largest absolute Gasteiger partial charge is 0.377 e. The number of nitrogens with zero attached hydrogens (tertiary/aromatic N) is 1. The first-order valence-electron chi connectivity index (χ1n) is 7.92. The molecule has 1 atom stereocenters. The number of ether oxygens (including phenoxy) is 1. The Labute approximate surface area is 133 Å². The van der Waals surface area contributed by atoms with Gasteiger partial charge in [0.15, 0.2) is 0 Å². The van der Waals surface area contributed by atoms with Crippen molar-refractivity contribution in [2.45, 2.75) is 39.8 Å². The average molecular weight is 311 g/mol. The molecule has 1 aromatic carbocycles. The average Bonchev–Trinajstić information content (AvgIpc) is 2.63. The summed E-state index contributed by atoms with van der Waals surface area (Å²) in [6, 6.07) is 6.21. The van der Waals surface area contributed by atoms with Gasteiger partial charge in [-0.2, -0.15) is 0 Å². The molecule has 3 nitrogen and oxygen atoms in total. The highest BCUT2D eigenvalue weighted by Gasteiger charge is 2.18. The molecule has 0 amide bonds. The van der Waals surface area contributed by atoms with E-state index in [1.54, 1.807) is 0 Å². The molecule has 2 rings (SSSR count). The molecule has 0 radical (unpaired) electrons. The molecule has 21 heavy (non-hydrogen) atoms. The molecule has 0 bridgehead atoms. The van der Waals surface area contributed by atoms with Crippen molar-refractivity contribution in [2.75, 3.05) is 31.1 Å². The van der Waals surface area contributed by atoms with Crippen molar-refractivity contribution in [1.29, 1.82) is 0 Å². The summed E-state index contributed by atoms with van der Waals surface area (Å²) in [5.74, 6) is 0.652. The highest BCUT2D eigenvalue weighted by atomic mass is 35.5. The van der Waals surface area contributed by atoms with Gasteiger partial charge in [0, 0.05) is 37.0 Å². The highest BCUT2D eigenvalue weighted by molar-refractivity contribution is 6.30. The lowest BCUT2D eigenvalue weighted by Gasteiger charge is -2.27. The number of rotatable bonds is 5. The number of halogens is 1. The van der Waals surface area contributed by atoms with Gasteiger partial charge in [-0.25, -0.2) is 0 Å². The van der Waals surface area contributed by atoms with Gasteiger partial charge in [-0.3, -0.25) is 0 Å². The zero-order chi connectivity index (χ0) is 15.2. The van der Waals surface area contributed by atoms with E-state index < -0.39 is 0 Å². The van der Waals surface area contributed by atoms with Crippen LogP contribution >= 0.6 is 11.6 Å². The van der Waals surface area contributed by atoms with Crippen molar-refractivity contribution >= 4 is 17.3 Å². The van der Waals surface area contributed by atoms with E-state index in [0.29, 0.717) is 5.92 Å². The van der Waals surface area contributed by atoms with Crippen LogP contribution < -0.4 is 10.2 Å². The predicted molar refractivity (Wildman–Crippen MR) is 90.2 cm³/mol. The van der Waals surface area contributed by atoms with Gasteiger partial charge in [0.1, 0.15) is 0 Å². The van der Waals surface area contributed by atoms with Crippen LogP contribution in [0.15, 0.2) is 18.2 Å². The minimum atomic E-state index is 0.277. The Morgan fingerprint density at radius 3 is 3.00 bits per heavy atom. The zero-order valence-corrected chi connectivity index (χ0v) is 14.1. The number of nitrogens with one attached hydrogen (secondary N) is 1. The SMILES string of the molecule is CC(C)CNCc1cc(Cl)ccc1N1CCCOC(C)C1. The maximum absolute atomic E-state index is 6.19. The predicted octanol–water partition coefficient (Wildman–Crippen LogP) is 3.70. The quantitative estimate of drug-likeness (QED) is 0.897. The Bertz CT molecular complexity index is 450. The monoisotopic (exact) mass is 310 g/mol. The third kappa shape index (κ3) is 5.17. The fraction of sp³-hybridized carbons (Fsp3) is 0.647. The van der Waals surface area contributed by atoms with Crippen molar-refractivity contribution in [2.24, 2.45) is 5.92 Å². The van der Waals surface area contributed by atoms with Crippen LogP contribution in [-0.4, -0.2) is 32.3 Å². The minimum absolute atomic E-state index is 0.277. The molecule has 1 aliphatic heterocycles. The highest BCUT2D eigenvalue weighted by Crippen LogP contribution is 2.26. The summed E-state index contributed by atoms with van der Waals surface area (Å²) >= 11 is 6.19. The molecule has 0 spiro atoms. The van der Waals surface area contributed by atoms with E-state index in [4.69, 9.17) is 16.3 Å². The van der Waals surface area contributed by atoms with E-state index in [-0.39, 0.29) is 6.10 Å². The summed E-state index contributed by atoms with van der Waals surface area (Å²) in [4.78, 5) is 2.43. The van der Waals surface area contributed by atoms with Crippen LogP contribution in [0.25, 0.3) is 0 Å². The molecule has 1 aliphatic rings. The normalized spacial score (nSPS) is 19.9. The maximum atomic E-state index is 6.19. The second-order valence-corrected chi connectivity index (χ2v) is 6.72. The lowest BCUT2D eigenvalue weighted by Crippen LogP contribution is -2.31. The molecule has 0 aromatic heterocycles. The molecule has 1 fully saturated rings. The van der Waals surface area contributed by atoms with Crippen molar-refractivity contribution in [3.8, 4) is 0 Å². The van der Waals surface area contributed by atoms with Crippen molar-refractivity contribution in [3.63, 3.8) is 0 Å². The van der Waals surface area contributed by atoms with Crippen LogP contribution in [-0.2, 0) is 11.3 Å². The van der Waals surface area contributed by atoms with E-state index in [0.717, 1.165) is 44.2 Å². The van der Waals surface area contributed by atoms with Crippen LogP contribution in [0, 0.1) is 5.92 Å². The van der Waals surface area contributed by atoms with Gasteiger partial charge in [-0.1, -0.05) is 25.4 Å². The summed E-state index contributed by atoms with van der Waals surface area (Å²) in [5, 5.41) is 4.32. The molecular formula is C17H27ClN2O. The van der Waals surface area contributed by atoms with Crippen molar-refractivity contribution < 1.29 is 4.74 Å². The van der Waals surface area contributed by atoms with E-state index in [1.807, 2.05) is 6.07 Å². The smallest absolute Gasteiger partial charge is 0.0721 e. The maximum Gasteiger partial charge on any atom is 0.0721 e. The van der Waals surface area contributed by atoms with E-state index in [1.165, 1.54) is 11.3 Å². The van der Waals surface area contributed by atoms with Gasteiger partial charge < -0.3 is 15.0 Å². The van der Waals surface area contributed by atoms with E-state index in [2.05, 4.69) is 43.1 Å². The Balaban J connectivity index is 2.13. The van der Waals surface area contributed by atoms with Crippen LogP contribution in [0.2, 0.25) is 5.02 Å². The lowest BCUT2D eigenvalue weighted by atomic mass is 10.1. The van der Waals surface area contributed by atoms with Gasteiger partial charge in [0.05, 0.1) is 6.10 Å². The van der Waals surface area contributed by atoms with Crippen molar-refractivity contribution in [1.82, 2.24) is 5.32 Å². The number of benzene rings is 1. The van der Waals surface area contributed by atoms with Gasteiger partial charge in [0.2, 0.25) is 0 Å². The minimum Gasteiger partial charge on any atom is -0.377 e. The number of hydrogen-bond donors (Lipinski definition) is 1. The van der Waals surface area contributed by atoms with E-state index in [9.17, 15) is 0 Å². The van der Waals surface area contributed by atoms with Gasteiger partial charge in [-0.05, 0) is 49.6 Å². The van der Waals surface area contributed by atoms with Crippen LogP contribution in [0.5, 0.6) is 0 Å². The van der Waals surface area contributed by atoms with Crippen LogP contribution in [0.4, 0.5) is 5.69 Å². The Morgan fingerprint density at radius 1 is 1.43 bits per heavy atom. The fourth-order valence-corrected chi connectivity index (χ4v) is 2.91. The lowest BCUT2D eigenvalue weighted by molar-refractivity contribution is 0.0821. The Morgan fingerprint density at radius 2 is 2.24 bits per heavy atom. The van der Waals surface area contributed by atoms with Crippen LogP contribution in [0.3, 0.4) is 0 Å². The standard InChI is InChI=1S/C17H27ClN2O/c1-13(2)10-19-11-15-9-16(18)5-6-17(15)20-7-4-8-21-14(3)12-20/h5-6,9,13-14,19H,4,7-8,10-12H2,1-3H3. The molecule has 4 heteroatoms. The van der Waals surface area contributed by atoms with Crippen molar-refractivity contribution in [3.05, 3.63) is 28.8 Å². The third-order valence-corrected chi connectivity index (χ3v) is 3.94. The molecular weight excluding hydrogens is 284 g/mol. The molecule has 0 saturated carbocycles. The zero-order valence-electron chi connectivity index (χ0n) is 13.4. The molecule has 0 aliphatic carbocycles. The summed E-state index contributed by atoms with van der Waals surface area (Å²) < 4.78 is 5.75. The Kier molecular flexibility index (Phi) is 6.34.